The van der Waals surface area contributed by atoms with Gasteiger partial charge in [0.25, 0.3) is 0 Å². The second-order valence-electron chi connectivity index (χ2n) is 5.10. The minimum atomic E-state index is 0.563. The molecule has 0 saturated carbocycles. The molecule has 0 amide bonds. The van der Waals surface area contributed by atoms with Crippen LogP contribution in [0, 0.1) is 0 Å². The highest BCUT2D eigenvalue weighted by atomic mass is 35.5. The van der Waals surface area contributed by atoms with Gasteiger partial charge in [0, 0.05) is 11.6 Å². The van der Waals surface area contributed by atoms with Gasteiger partial charge in [-0.25, -0.2) is 0 Å². The molecule has 0 aliphatic rings. The Hall–Kier alpha value is -1.42. The number of nitrogens with one attached hydrogen (secondary N) is 1. The third kappa shape index (κ3) is 5.31. The summed E-state index contributed by atoms with van der Waals surface area (Å²) in [6.07, 6.45) is 0.944. The van der Waals surface area contributed by atoms with Crippen LogP contribution in [0.3, 0.4) is 0 Å². The van der Waals surface area contributed by atoms with Gasteiger partial charge < -0.3 is 14.8 Å². The molecule has 2 aromatic carbocycles. The van der Waals surface area contributed by atoms with Gasteiger partial charge in [-0.2, -0.15) is 0 Å². The van der Waals surface area contributed by atoms with Crippen molar-refractivity contribution in [3.05, 3.63) is 57.6 Å². The number of methoxy groups -OCH3 is 1. The molecular formula is C18H21Cl2NO2. The Kier molecular flexibility index (Phi) is 7.03. The zero-order valence-electron chi connectivity index (χ0n) is 13.4. The molecule has 5 heteroatoms. The molecule has 23 heavy (non-hydrogen) atoms. The van der Waals surface area contributed by atoms with Crippen LogP contribution in [0.2, 0.25) is 10.0 Å². The van der Waals surface area contributed by atoms with Crippen LogP contribution >= 0.6 is 23.2 Å². The fraction of sp³-hybridized carbons (Fsp3) is 0.333. The van der Waals surface area contributed by atoms with Crippen LogP contribution in [-0.2, 0) is 13.0 Å². The second-order valence-corrected chi connectivity index (χ2v) is 5.94. The normalized spacial score (nSPS) is 10.6. The third-order valence-corrected chi connectivity index (χ3v) is 3.94. The largest absolute Gasteiger partial charge is 0.491 e. The summed E-state index contributed by atoms with van der Waals surface area (Å²) in [4.78, 5) is 0. The van der Waals surface area contributed by atoms with Crippen molar-refractivity contribution < 1.29 is 9.47 Å². The van der Waals surface area contributed by atoms with Crippen molar-refractivity contribution in [2.75, 3.05) is 20.3 Å². The van der Waals surface area contributed by atoms with Crippen molar-refractivity contribution in [1.29, 1.82) is 0 Å². The first-order valence-corrected chi connectivity index (χ1v) is 8.34. The van der Waals surface area contributed by atoms with Crippen molar-refractivity contribution in [3.63, 3.8) is 0 Å². The highest BCUT2D eigenvalue weighted by molar-refractivity contribution is 6.32. The maximum absolute atomic E-state index is 6.25. The number of halogens is 2. The first-order chi connectivity index (χ1) is 11.1. The van der Waals surface area contributed by atoms with Crippen molar-refractivity contribution in [2.45, 2.75) is 19.9 Å². The number of ether oxygens (including phenoxy) is 2. The molecule has 0 heterocycles. The summed E-state index contributed by atoms with van der Waals surface area (Å²) in [6.45, 7) is 4.09. The van der Waals surface area contributed by atoms with Crippen molar-refractivity contribution in [2.24, 2.45) is 0 Å². The second kappa shape index (κ2) is 9.02. The van der Waals surface area contributed by atoms with E-state index < -0.39 is 0 Å². The molecule has 2 aromatic rings. The number of benzene rings is 2. The zero-order valence-corrected chi connectivity index (χ0v) is 14.9. The standard InChI is InChI=1S/C18H21Cl2NO2/c1-3-23-17-11-14(10-16(20)18(17)22-2)12-21-9-8-13-4-6-15(19)7-5-13/h4-7,10-11,21H,3,8-9,12H2,1-2H3. The van der Waals surface area contributed by atoms with Crippen LogP contribution in [0.25, 0.3) is 0 Å². The first-order valence-electron chi connectivity index (χ1n) is 7.58. The Labute approximate surface area is 147 Å². The molecule has 0 aliphatic heterocycles. The summed E-state index contributed by atoms with van der Waals surface area (Å²) in [5.41, 5.74) is 2.32. The Morgan fingerprint density at radius 2 is 1.78 bits per heavy atom. The molecule has 0 fully saturated rings. The van der Waals surface area contributed by atoms with Crippen LogP contribution in [0.1, 0.15) is 18.1 Å². The molecule has 0 atom stereocenters. The van der Waals surface area contributed by atoms with Gasteiger partial charge in [0.05, 0.1) is 18.7 Å². The van der Waals surface area contributed by atoms with Crippen LogP contribution in [-0.4, -0.2) is 20.3 Å². The van der Waals surface area contributed by atoms with E-state index in [1.54, 1.807) is 7.11 Å². The summed E-state index contributed by atoms with van der Waals surface area (Å²) in [6, 6.07) is 11.8. The topological polar surface area (TPSA) is 30.5 Å². The van der Waals surface area contributed by atoms with Gasteiger partial charge in [0.1, 0.15) is 0 Å². The molecule has 0 bridgehead atoms. The van der Waals surface area contributed by atoms with Gasteiger partial charge in [-0.1, -0.05) is 35.3 Å². The van der Waals surface area contributed by atoms with Crippen LogP contribution in [0.5, 0.6) is 11.5 Å². The molecule has 124 valence electrons. The first kappa shape index (κ1) is 17.9. The number of hydrogen-bond donors (Lipinski definition) is 1. The smallest absolute Gasteiger partial charge is 0.179 e. The maximum Gasteiger partial charge on any atom is 0.179 e. The quantitative estimate of drug-likeness (QED) is 0.695. The molecule has 0 saturated heterocycles. The SMILES string of the molecule is CCOc1cc(CNCCc2ccc(Cl)cc2)cc(Cl)c1OC. The van der Waals surface area contributed by atoms with E-state index in [4.69, 9.17) is 32.7 Å². The lowest BCUT2D eigenvalue weighted by molar-refractivity contribution is 0.310. The van der Waals surface area contributed by atoms with Crippen molar-refractivity contribution in [3.8, 4) is 11.5 Å². The van der Waals surface area contributed by atoms with E-state index in [-0.39, 0.29) is 0 Å². The molecule has 0 spiro atoms. The number of hydrogen-bond acceptors (Lipinski definition) is 3. The van der Waals surface area contributed by atoms with E-state index >= 15 is 0 Å². The van der Waals surface area contributed by atoms with Gasteiger partial charge in [-0.15, -0.1) is 0 Å². The molecule has 0 aromatic heterocycles. The Morgan fingerprint density at radius 1 is 1.04 bits per heavy atom. The molecule has 0 unspecified atom stereocenters. The predicted molar refractivity (Wildman–Crippen MR) is 96.0 cm³/mol. The van der Waals surface area contributed by atoms with E-state index in [0.29, 0.717) is 23.1 Å². The Morgan fingerprint density at radius 3 is 2.43 bits per heavy atom. The van der Waals surface area contributed by atoms with Crippen molar-refractivity contribution in [1.82, 2.24) is 5.32 Å². The summed E-state index contributed by atoms with van der Waals surface area (Å²) in [5.74, 6) is 1.26. The molecule has 1 N–H and O–H groups in total. The Balaban J connectivity index is 1.91. The molecule has 0 radical (unpaired) electrons. The van der Waals surface area contributed by atoms with Crippen LogP contribution < -0.4 is 14.8 Å². The molecule has 3 nitrogen and oxygen atoms in total. The average Bonchev–Trinajstić information content (AvgIpc) is 2.53. The van der Waals surface area contributed by atoms with Crippen LogP contribution in [0.4, 0.5) is 0 Å². The minimum Gasteiger partial charge on any atom is -0.491 e. The van der Waals surface area contributed by atoms with Gasteiger partial charge in [0.2, 0.25) is 0 Å². The van der Waals surface area contributed by atoms with Gasteiger partial charge in [-0.05, 0) is 55.3 Å². The van der Waals surface area contributed by atoms with E-state index in [2.05, 4.69) is 5.32 Å². The van der Waals surface area contributed by atoms with Gasteiger partial charge in [0.15, 0.2) is 11.5 Å². The predicted octanol–water partition coefficient (Wildman–Crippen LogP) is 4.73. The summed E-state index contributed by atoms with van der Waals surface area (Å²) < 4.78 is 10.9. The van der Waals surface area contributed by atoms with Gasteiger partial charge in [-0.3, -0.25) is 0 Å². The molecular weight excluding hydrogens is 333 g/mol. The lowest BCUT2D eigenvalue weighted by Crippen LogP contribution is -2.16. The molecule has 2 rings (SSSR count). The average molecular weight is 354 g/mol. The van der Waals surface area contributed by atoms with E-state index in [0.717, 1.165) is 30.1 Å². The number of rotatable bonds is 8. The fourth-order valence-corrected chi connectivity index (χ4v) is 2.74. The Bertz CT molecular complexity index is 630. The van der Waals surface area contributed by atoms with Crippen molar-refractivity contribution >= 4 is 23.2 Å². The highest BCUT2D eigenvalue weighted by Gasteiger charge is 2.11. The fourth-order valence-electron chi connectivity index (χ4n) is 2.30. The zero-order chi connectivity index (χ0) is 16.7. The van der Waals surface area contributed by atoms with E-state index in [9.17, 15) is 0 Å². The molecule has 0 aliphatic carbocycles. The summed E-state index contributed by atoms with van der Waals surface area (Å²) in [7, 11) is 1.59. The summed E-state index contributed by atoms with van der Waals surface area (Å²) in [5, 5.41) is 4.74. The summed E-state index contributed by atoms with van der Waals surface area (Å²) >= 11 is 12.1. The van der Waals surface area contributed by atoms with Gasteiger partial charge >= 0.3 is 0 Å². The van der Waals surface area contributed by atoms with E-state index in [1.165, 1.54) is 5.56 Å². The van der Waals surface area contributed by atoms with Crippen LogP contribution in [0.15, 0.2) is 36.4 Å². The maximum atomic E-state index is 6.25. The lowest BCUT2D eigenvalue weighted by Gasteiger charge is -2.13. The minimum absolute atomic E-state index is 0.563. The highest BCUT2D eigenvalue weighted by Crippen LogP contribution is 2.36. The third-order valence-electron chi connectivity index (χ3n) is 3.41. The lowest BCUT2D eigenvalue weighted by atomic mass is 10.1. The van der Waals surface area contributed by atoms with E-state index in [1.807, 2.05) is 43.3 Å². The monoisotopic (exact) mass is 353 g/mol.